The van der Waals surface area contributed by atoms with Crippen molar-refractivity contribution in [2.24, 2.45) is 0 Å². The van der Waals surface area contributed by atoms with Crippen molar-refractivity contribution in [3.63, 3.8) is 0 Å². The summed E-state index contributed by atoms with van der Waals surface area (Å²) in [5.41, 5.74) is 7.56. The van der Waals surface area contributed by atoms with Crippen LogP contribution in [0.25, 0.3) is 11.3 Å². The van der Waals surface area contributed by atoms with Crippen LogP contribution in [0.2, 0.25) is 10.0 Å². The average molecular weight is 326 g/mol. The van der Waals surface area contributed by atoms with Crippen molar-refractivity contribution in [2.45, 2.75) is 37.8 Å². The maximum Gasteiger partial charge on any atom is 0.122 e. The number of rotatable bonds is 2. The van der Waals surface area contributed by atoms with Gasteiger partial charge in [0, 0.05) is 16.7 Å². The van der Waals surface area contributed by atoms with Gasteiger partial charge in [0.15, 0.2) is 0 Å². The monoisotopic (exact) mass is 325 g/mol. The zero-order chi connectivity index (χ0) is 15.0. The normalized spacial score (nSPS) is 22.4. The fraction of sp³-hybridized carbons (Fsp3) is 0.400. The van der Waals surface area contributed by atoms with Crippen LogP contribution in [0.3, 0.4) is 0 Å². The van der Waals surface area contributed by atoms with Gasteiger partial charge in [0.2, 0.25) is 0 Å². The number of anilines is 1. The second-order valence-corrected chi connectivity index (χ2v) is 6.29. The lowest BCUT2D eigenvalue weighted by Gasteiger charge is -2.28. The molecule has 1 aliphatic rings. The Bertz CT molecular complexity index is 656. The van der Waals surface area contributed by atoms with Gasteiger partial charge in [-0.2, -0.15) is 5.10 Å². The number of halogens is 2. The lowest BCUT2D eigenvalue weighted by molar-refractivity contribution is 0.0707. The molecule has 1 fully saturated rings. The number of nitrogen functional groups attached to an aromatic ring is 1. The van der Waals surface area contributed by atoms with E-state index >= 15 is 0 Å². The zero-order valence-corrected chi connectivity index (χ0v) is 13.0. The maximum absolute atomic E-state index is 10.2. The summed E-state index contributed by atoms with van der Waals surface area (Å²) in [5.74, 6) is 0.543. The summed E-state index contributed by atoms with van der Waals surface area (Å²) in [4.78, 5) is 0. The van der Waals surface area contributed by atoms with Gasteiger partial charge >= 0.3 is 0 Å². The Hall–Kier alpha value is -1.23. The van der Waals surface area contributed by atoms with Crippen molar-refractivity contribution in [3.8, 4) is 11.3 Å². The standard InChI is InChI=1S/C15H17Cl2N3O/c16-9-5-6-10(11(17)7-9)12-8-15(18)20(19-12)13-3-1-2-4-14(13)21/h5-8,13-14,21H,1-4,18H2. The van der Waals surface area contributed by atoms with E-state index in [9.17, 15) is 5.11 Å². The lowest BCUT2D eigenvalue weighted by Crippen LogP contribution is -2.29. The van der Waals surface area contributed by atoms with E-state index in [2.05, 4.69) is 5.10 Å². The number of aliphatic hydroxyl groups excluding tert-OH is 1. The largest absolute Gasteiger partial charge is 0.391 e. The van der Waals surface area contributed by atoms with Crippen molar-refractivity contribution in [1.82, 2.24) is 9.78 Å². The van der Waals surface area contributed by atoms with Gasteiger partial charge < -0.3 is 10.8 Å². The summed E-state index contributed by atoms with van der Waals surface area (Å²) in [5, 5.41) is 15.8. The number of nitrogens with two attached hydrogens (primary N) is 1. The SMILES string of the molecule is Nc1cc(-c2ccc(Cl)cc2Cl)nn1C1CCCCC1O. The Morgan fingerprint density at radius 1 is 1.19 bits per heavy atom. The number of hydrogen-bond donors (Lipinski definition) is 2. The molecule has 21 heavy (non-hydrogen) atoms. The van der Waals surface area contributed by atoms with Crippen molar-refractivity contribution < 1.29 is 5.11 Å². The molecule has 6 heteroatoms. The molecule has 1 saturated carbocycles. The minimum absolute atomic E-state index is 0.0569. The number of nitrogens with zero attached hydrogens (tertiary/aromatic N) is 2. The van der Waals surface area contributed by atoms with Crippen molar-refractivity contribution in [3.05, 3.63) is 34.3 Å². The molecule has 1 aromatic heterocycles. The summed E-state index contributed by atoms with van der Waals surface area (Å²) >= 11 is 12.1. The quantitative estimate of drug-likeness (QED) is 0.879. The Kier molecular flexibility index (Phi) is 4.11. The molecule has 0 bridgehead atoms. The Labute approximate surface area is 133 Å². The summed E-state index contributed by atoms with van der Waals surface area (Å²) in [6.45, 7) is 0. The molecule has 1 heterocycles. The first kappa shape index (κ1) is 14.7. The van der Waals surface area contributed by atoms with Crippen LogP contribution in [0.15, 0.2) is 24.3 Å². The number of aromatic nitrogens is 2. The molecule has 0 saturated heterocycles. The molecule has 0 radical (unpaired) electrons. The minimum Gasteiger partial charge on any atom is -0.391 e. The van der Waals surface area contributed by atoms with Gasteiger partial charge in [-0.05, 0) is 31.0 Å². The molecular formula is C15H17Cl2N3O. The van der Waals surface area contributed by atoms with E-state index in [-0.39, 0.29) is 6.04 Å². The number of benzene rings is 1. The molecule has 0 aliphatic heterocycles. The van der Waals surface area contributed by atoms with Gasteiger partial charge in [-0.3, -0.25) is 0 Å². The van der Waals surface area contributed by atoms with Gasteiger partial charge in [0.25, 0.3) is 0 Å². The maximum atomic E-state index is 10.2. The third kappa shape index (κ3) is 2.89. The van der Waals surface area contributed by atoms with Gasteiger partial charge in [-0.25, -0.2) is 4.68 Å². The molecular weight excluding hydrogens is 309 g/mol. The zero-order valence-electron chi connectivity index (χ0n) is 11.5. The number of hydrogen-bond acceptors (Lipinski definition) is 3. The molecule has 0 spiro atoms. The van der Waals surface area contributed by atoms with Crippen LogP contribution in [-0.4, -0.2) is 21.0 Å². The van der Waals surface area contributed by atoms with Crippen molar-refractivity contribution in [2.75, 3.05) is 5.73 Å². The first-order valence-electron chi connectivity index (χ1n) is 7.05. The molecule has 0 amide bonds. The van der Waals surface area contributed by atoms with Crippen LogP contribution in [0, 0.1) is 0 Å². The summed E-state index contributed by atoms with van der Waals surface area (Å²) in [6, 6.07) is 7.01. The van der Waals surface area contributed by atoms with E-state index in [0.29, 0.717) is 21.6 Å². The van der Waals surface area contributed by atoms with Gasteiger partial charge in [-0.15, -0.1) is 0 Å². The predicted octanol–water partition coefficient (Wildman–Crippen LogP) is 3.92. The summed E-state index contributed by atoms with van der Waals surface area (Å²) < 4.78 is 1.73. The van der Waals surface area contributed by atoms with E-state index < -0.39 is 6.10 Å². The topological polar surface area (TPSA) is 64.1 Å². The first-order chi connectivity index (χ1) is 10.1. The highest BCUT2D eigenvalue weighted by molar-refractivity contribution is 6.36. The fourth-order valence-corrected chi connectivity index (χ4v) is 3.39. The Balaban J connectivity index is 1.97. The van der Waals surface area contributed by atoms with Crippen LogP contribution < -0.4 is 5.73 Å². The molecule has 112 valence electrons. The molecule has 2 aromatic rings. The summed E-state index contributed by atoms with van der Waals surface area (Å²) in [7, 11) is 0. The van der Waals surface area contributed by atoms with Gasteiger partial charge in [0.05, 0.1) is 22.9 Å². The molecule has 1 aliphatic carbocycles. The molecule has 4 nitrogen and oxygen atoms in total. The third-order valence-electron chi connectivity index (χ3n) is 3.98. The molecule has 3 rings (SSSR count). The van der Waals surface area contributed by atoms with Gasteiger partial charge in [0.1, 0.15) is 5.82 Å². The molecule has 1 aromatic carbocycles. The van der Waals surface area contributed by atoms with E-state index in [1.807, 2.05) is 6.07 Å². The van der Waals surface area contributed by atoms with E-state index in [1.54, 1.807) is 22.9 Å². The predicted molar refractivity (Wildman–Crippen MR) is 85.6 cm³/mol. The Morgan fingerprint density at radius 2 is 1.95 bits per heavy atom. The van der Waals surface area contributed by atoms with Crippen LogP contribution in [0.4, 0.5) is 5.82 Å². The molecule has 2 atom stereocenters. The van der Waals surface area contributed by atoms with Crippen LogP contribution in [0.5, 0.6) is 0 Å². The second-order valence-electron chi connectivity index (χ2n) is 5.44. The minimum atomic E-state index is -0.394. The average Bonchev–Trinajstić information content (AvgIpc) is 2.81. The van der Waals surface area contributed by atoms with Gasteiger partial charge in [-0.1, -0.05) is 36.0 Å². The van der Waals surface area contributed by atoms with Crippen LogP contribution in [-0.2, 0) is 0 Å². The van der Waals surface area contributed by atoms with E-state index in [1.165, 1.54) is 0 Å². The summed E-state index contributed by atoms with van der Waals surface area (Å²) in [6.07, 6.45) is 3.42. The van der Waals surface area contributed by atoms with E-state index in [0.717, 1.165) is 31.2 Å². The lowest BCUT2D eigenvalue weighted by atomic mass is 9.93. The highest BCUT2D eigenvalue weighted by atomic mass is 35.5. The molecule has 3 N–H and O–H groups in total. The number of aliphatic hydroxyl groups is 1. The van der Waals surface area contributed by atoms with E-state index in [4.69, 9.17) is 28.9 Å². The second kappa shape index (κ2) is 5.87. The molecule has 2 unspecified atom stereocenters. The highest BCUT2D eigenvalue weighted by Gasteiger charge is 2.27. The van der Waals surface area contributed by atoms with Crippen LogP contribution in [0.1, 0.15) is 31.7 Å². The Morgan fingerprint density at radius 3 is 2.67 bits per heavy atom. The van der Waals surface area contributed by atoms with Crippen molar-refractivity contribution in [1.29, 1.82) is 0 Å². The van der Waals surface area contributed by atoms with Crippen LogP contribution >= 0.6 is 23.2 Å². The van der Waals surface area contributed by atoms with Crippen molar-refractivity contribution >= 4 is 29.0 Å². The smallest absolute Gasteiger partial charge is 0.122 e. The third-order valence-corrected chi connectivity index (χ3v) is 4.53. The highest BCUT2D eigenvalue weighted by Crippen LogP contribution is 2.34. The fourth-order valence-electron chi connectivity index (χ4n) is 2.88. The first-order valence-corrected chi connectivity index (χ1v) is 7.80.